The summed E-state index contributed by atoms with van der Waals surface area (Å²) in [7, 11) is 1.66. The molecule has 1 saturated heterocycles. The Hall–Kier alpha value is -2.04. The van der Waals surface area contributed by atoms with Crippen molar-refractivity contribution in [3.05, 3.63) is 36.3 Å². The summed E-state index contributed by atoms with van der Waals surface area (Å²) in [4.78, 5) is 6.77. The monoisotopic (exact) mass is 258 g/mol. The van der Waals surface area contributed by atoms with Gasteiger partial charge < -0.3 is 9.64 Å². The van der Waals surface area contributed by atoms with Gasteiger partial charge in [-0.05, 0) is 31.0 Å². The van der Waals surface area contributed by atoms with Crippen LogP contribution in [-0.2, 0) is 0 Å². The summed E-state index contributed by atoms with van der Waals surface area (Å²) in [6.07, 6.45) is 5.87. The highest BCUT2D eigenvalue weighted by atomic mass is 16.5. The maximum Gasteiger partial charge on any atom is 0.137 e. The van der Waals surface area contributed by atoms with Crippen molar-refractivity contribution >= 4 is 5.82 Å². The van der Waals surface area contributed by atoms with E-state index in [0.29, 0.717) is 5.92 Å². The lowest BCUT2D eigenvalue weighted by molar-refractivity contribution is 0.412. The van der Waals surface area contributed by atoms with Crippen LogP contribution >= 0.6 is 0 Å². The van der Waals surface area contributed by atoms with Gasteiger partial charge in [0, 0.05) is 30.9 Å². The molecular formula is C14H18N4O. The smallest absolute Gasteiger partial charge is 0.137 e. The van der Waals surface area contributed by atoms with Gasteiger partial charge in [-0.3, -0.25) is 5.10 Å². The van der Waals surface area contributed by atoms with Crippen LogP contribution in [-0.4, -0.2) is 35.4 Å². The van der Waals surface area contributed by atoms with Crippen LogP contribution in [0.25, 0.3) is 0 Å². The molecule has 0 radical (unpaired) electrons. The van der Waals surface area contributed by atoms with Crippen molar-refractivity contribution < 1.29 is 4.74 Å². The predicted molar refractivity (Wildman–Crippen MR) is 73.6 cm³/mol. The number of nitrogens with one attached hydrogen (secondary N) is 1. The first-order chi connectivity index (χ1) is 9.36. The molecule has 0 amide bonds. The Balaban J connectivity index is 1.63. The molecule has 2 aromatic heterocycles. The Bertz CT molecular complexity index is 501. The van der Waals surface area contributed by atoms with Gasteiger partial charge >= 0.3 is 0 Å². The molecule has 0 bridgehead atoms. The van der Waals surface area contributed by atoms with E-state index in [1.807, 2.05) is 18.3 Å². The molecule has 1 fully saturated rings. The number of H-pyrrole nitrogens is 1. The molecule has 0 aromatic carbocycles. The first-order valence-corrected chi connectivity index (χ1v) is 6.61. The molecule has 0 atom stereocenters. The first kappa shape index (κ1) is 12.0. The highest BCUT2D eigenvalue weighted by Crippen LogP contribution is 2.28. The van der Waals surface area contributed by atoms with Crippen LogP contribution in [0.15, 0.2) is 30.6 Å². The fourth-order valence-electron chi connectivity index (χ4n) is 2.59. The number of hydrogen-bond donors (Lipinski definition) is 1. The summed E-state index contributed by atoms with van der Waals surface area (Å²) in [5.41, 5.74) is 1.25. The number of methoxy groups -OCH3 is 1. The number of hydrogen-bond acceptors (Lipinski definition) is 4. The van der Waals surface area contributed by atoms with E-state index in [4.69, 9.17) is 4.74 Å². The summed E-state index contributed by atoms with van der Waals surface area (Å²) in [5, 5.41) is 7.10. The van der Waals surface area contributed by atoms with Crippen molar-refractivity contribution in [2.45, 2.75) is 18.8 Å². The molecular weight excluding hydrogens is 240 g/mol. The van der Waals surface area contributed by atoms with Crippen molar-refractivity contribution in [2.75, 3.05) is 25.1 Å². The van der Waals surface area contributed by atoms with Crippen LogP contribution in [0, 0.1) is 0 Å². The summed E-state index contributed by atoms with van der Waals surface area (Å²) in [6.45, 7) is 2.06. The molecule has 5 nitrogen and oxygen atoms in total. The van der Waals surface area contributed by atoms with E-state index < -0.39 is 0 Å². The SMILES string of the molecule is COc1ccc(N2CCC(c3ccn[nH]3)CC2)nc1. The van der Waals surface area contributed by atoms with Crippen molar-refractivity contribution in [1.82, 2.24) is 15.2 Å². The van der Waals surface area contributed by atoms with Gasteiger partial charge in [-0.1, -0.05) is 0 Å². The highest BCUT2D eigenvalue weighted by Gasteiger charge is 2.22. The number of aromatic nitrogens is 3. The average molecular weight is 258 g/mol. The van der Waals surface area contributed by atoms with Gasteiger partial charge in [0.05, 0.1) is 13.3 Å². The van der Waals surface area contributed by atoms with Gasteiger partial charge in [-0.2, -0.15) is 5.10 Å². The Morgan fingerprint density at radius 1 is 1.26 bits per heavy atom. The van der Waals surface area contributed by atoms with Crippen molar-refractivity contribution in [3.8, 4) is 5.75 Å². The Kier molecular flexibility index (Phi) is 3.35. The standard InChI is InChI=1S/C14H18N4O/c1-19-12-2-3-14(15-10-12)18-8-5-11(6-9-18)13-4-7-16-17-13/h2-4,7,10-11H,5-6,8-9H2,1H3,(H,16,17). The van der Waals surface area contributed by atoms with E-state index in [0.717, 1.165) is 37.5 Å². The molecule has 1 N–H and O–H groups in total. The van der Waals surface area contributed by atoms with Gasteiger partial charge in [-0.25, -0.2) is 4.98 Å². The third-order valence-corrected chi connectivity index (χ3v) is 3.74. The van der Waals surface area contributed by atoms with Crippen LogP contribution in [0.3, 0.4) is 0 Å². The Labute approximate surface area is 112 Å². The zero-order valence-electron chi connectivity index (χ0n) is 11.0. The molecule has 1 aliphatic heterocycles. The third kappa shape index (κ3) is 2.54. The number of ether oxygens (including phenoxy) is 1. The Morgan fingerprint density at radius 2 is 2.11 bits per heavy atom. The van der Waals surface area contributed by atoms with Gasteiger partial charge in [-0.15, -0.1) is 0 Å². The zero-order valence-corrected chi connectivity index (χ0v) is 11.0. The van der Waals surface area contributed by atoms with E-state index in [2.05, 4.69) is 26.1 Å². The third-order valence-electron chi connectivity index (χ3n) is 3.74. The normalized spacial score (nSPS) is 16.6. The number of piperidine rings is 1. The summed E-state index contributed by atoms with van der Waals surface area (Å²) < 4.78 is 5.13. The minimum absolute atomic E-state index is 0.594. The summed E-state index contributed by atoms with van der Waals surface area (Å²) in [6, 6.07) is 6.06. The number of anilines is 1. The lowest BCUT2D eigenvalue weighted by atomic mass is 9.94. The summed E-state index contributed by atoms with van der Waals surface area (Å²) in [5.74, 6) is 2.43. The lowest BCUT2D eigenvalue weighted by Crippen LogP contribution is -2.33. The molecule has 1 aliphatic rings. The van der Waals surface area contributed by atoms with Crippen LogP contribution < -0.4 is 9.64 Å². The van der Waals surface area contributed by atoms with Crippen LogP contribution in [0.5, 0.6) is 5.75 Å². The number of aromatic amines is 1. The van der Waals surface area contributed by atoms with Crippen LogP contribution in [0.4, 0.5) is 5.82 Å². The Morgan fingerprint density at radius 3 is 2.68 bits per heavy atom. The van der Waals surface area contributed by atoms with Gasteiger partial charge in [0.2, 0.25) is 0 Å². The molecule has 3 rings (SSSR count). The topological polar surface area (TPSA) is 54.0 Å². The lowest BCUT2D eigenvalue weighted by Gasteiger charge is -2.32. The number of rotatable bonds is 3. The van der Waals surface area contributed by atoms with Crippen LogP contribution in [0.2, 0.25) is 0 Å². The zero-order chi connectivity index (χ0) is 13.1. The minimum atomic E-state index is 0.594. The van der Waals surface area contributed by atoms with Gasteiger partial charge in [0.15, 0.2) is 0 Å². The predicted octanol–water partition coefficient (Wildman–Crippen LogP) is 2.20. The molecule has 3 heterocycles. The van der Waals surface area contributed by atoms with Crippen LogP contribution in [0.1, 0.15) is 24.5 Å². The fourth-order valence-corrected chi connectivity index (χ4v) is 2.59. The molecule has 19 heavy (non-hydrogen) atoms. The van der Waals surface area contributed by atoms with E-state index in [-0.39, 0.29) is 0 Å². The van der Waals surface area contributed by atoms with Crippen molar-refractivity contribution in [3.63, 3.8) is 0 Å². The first-order valence-electron chi connectivity index (χ1n) is 6.61. The fraction of sp³-hybridized carbons (Fsp3) is 0.429. The molecule has 0 saturated carbocycles. The second-order valence-corrected chi connectivity index (χ2v) is 4.83. The largest absolute Gasteiger partial charge is 0.495 e. The number of pyridine rings is 1. The van der Waals surface area contributed by atoms with Crippen molar-refractivity contribution in [2.24, 2.45) is 0 Å². The molecule has 0 spiro atoms. The maximum absolute atomic E-state index is 5.13. The van der Waals surface area contributed by atoms with Crippen molar-refractivity contribution in [1.29, 1.82) is 0 Å². The minimum Gasteiger partial charge on any atom is -0.495 e. The highest BCUT2D eigenvalue weighted by molar-refractivity contribution is 5.41. The van der Waals surface area contributed by atoms with Gasteiger partial charge in [0.25, 0.3) is 0 Å². The quantitative estimate of drug-likeness (QED) is 0.917. The van der Waals surface area contributed by atoms with E-state index in [9.17, 15) is 0 Å². The second kappa shape index (κ2) is 5.30. The number of nitrogens with zero attached hydrogens (tertiary/aromatic N) is 3. The van der Waals surface area contributed by atoms with Gasteiger partial charge in [0.1, 0.15) is 11.6 Å². The average Bonchev–Trinajstić information content (AvgIpc) is 3.02. The molecule has 0 unspecified atom stereocenters. The van der Waals surface area contributed by atoms with E-state index >= 15 is 0 Å². The molecule has 2 aromatic rings. The molecule has 0 aliphatic carbocycles. The summed E-state index contributed by atoms with van der Waals surface area (Å²) >= 11 is 0. The molecule has 5 heteroatoms. The maximum atomic E-state index is 5.13. The molecule has 100 valence electrons. The van der Waals surface area contributed by atoms with E-state index in [1.54, 1.807) is 13.3 Å². The second-order valence-electron chi connectivity index (χ2n) is 4.83. The van der Waals surface area contributed by atoms with E-state index in [1.165, 1.54) is 5.69 Å².